The summed E-state index contributed by atoms with van der Waals surface area (Å²) in [5, 5.41) is 3.57. The summed E-state index contributed by atoms with van der Waals surface area (Å²) in [6.45, 7) is 9.08. The summed E-state index contributed by atoms with van der Waals surface area (Å²) < 4.78 is 6.69. The van der Waals surface area contributed by atoms with Crippen LogP contribution in [0.3, 0.4) is 0 Å². The molecule has 0 aliphatic heterocycles. The molecule has 0 spiro atoms. The molecular formula is C18H35NO. The van der Waals surface area contributed by atoms with Crippen LogP contribution in [0.4, 0.5) is 0 Å². The second-order valence-corrected chi connectivity index (χ2v) is 7.42. The van der Waals surface area contributed by atoms with Crippen molar-refractivity contribution in [2.75, 3.05) is 13.1 Å². The van der Waals surface area contributed by atoms with E-state index in [9.17, 15) is 0 Å². The minimum Gasteiger partial charge on any atom is -0.370 e. The molecule has 0 atom stereocenters. The third-order valence-corrected chi connectivity index (χ3v) is 5.55. The molecule has 0 saturated heterocycles. The van der Waals surface area contributed by atoms with Crippen molar-refractivity contribution in [2.45, 2.75) is 90.3 Å². The molecule has 0 bridgehead atoms. The van der Waals surface area contributed by atoms with Gasteiger partial charge in [0.05, 0.1) is 11.7 Å². The SMILES string of the molecule is CCNCC1(OC2CCCCC2)CCC(C(C)C)CC1. The van der Waals surface area contributed by atoms with Crippen LogP contribution in [0.15, 0.2) is 0 Å². The first-order chi connectivity index (χ1) is 9.65. The predicted molar refractivity (Wildman–Crippen MR) is 86.0 cm³/mol. The largest absolute Gasteiger partial charge is 0.370 e. The minimum atomic E-state index is 0.142. The van der Waals surface area contributed by atoms with E-state index in [2.05, 4.69) is 26.1 Å². The second-order valence-electron chi connectivity index (χ2n) is 7.42. The van der Waals surface area contributed by atoms with Crippen LogP contribution in [0.1, 0.15) is 78.6 Å². The van der Waals surface area contributed by atoms with Gasteiger partial charge in [0.15, 0.2) is 0 Å². The van der Waals surface area contributed by atoms with Gasteiger partial charge in [0, 0.05) is 6.54 Å². The van der Waals surface area contributed by atoms with Crippen LogP contribution in [-0.4, -0.2) is 24.8 Å². The lowest BCUT2D eigenvalue weighted by Gasteiger charge is -2.44. The molecule has 1 N–H and O–H groups in total. The Labute approximate surface area is 126 Å². The number of hydrogen-bond acceptors (Lipinski definition) is 2. The van der Waals surface area contributed by atoms with E-state index in [1.54, 1.807) is 0 Å². The highest BCUT2D eigenvalue weighted by atomic mass is 16.5. The molecule has 2 saturated carbocycles. The second kappa shape index (κ2) is 7.79. The highest BCUT2D eigenvalue weighted by molar-refractivity contribution is 4.91. The van der Waals surface area contributed by atoms with E-state index in [1.807, 2.05) is 0 Å². The van der Waals surface area contributed by atoms with E-state index in [4.69, 9.17) is 4.74 Å². The molecule has 0 unspecified atom stereocenters. The van der Waals surface area contributed by atoms with Gasteiger partial charge >= 0.3 is 0 Å². The van der Waals surface area contributed by atoms with E-state index >= 15 is 0 Å². The monoisotopic (exact) mass is 281 g/mol. The fraction of sp³-hybridized carbons (Fsp3) is 1.00. The fourth-order valence-electron chi connectivity index (χ4n) is 4.06. The lowest BCUT2D eigenvalue weighted by Crippen LogP contribution is -2.48. The van der Waals surface area contributed by atoms with Crippen molar-refractivity contribution in [3.63, 3.8) is 0 Å². The molecule has 2 heteroatoms. The Hall–Kier alpha value is -0.0800. The highest BCUT2D eigenvalue weighted by Gasteiger charge is 2.38. The van der Waals surface area contributed by atoms with Crippen molar-refractivity contribution in [1.29, 1.82) is 0 Å². The van der Waals surface area contributed by atoms with Crippen LogP contribution in [-0.2, 0) is 4.74 Å². The molecule has 2 aliphatic rings. The van der Waals surface area contributed by atoms with Gasteiger partial charge in [-0.05, 0) is 56.9 Å². The van der Waals surface area contributed by atoms with Crippen molar-refractivity contribution in [3.8, 4) is 0 Å². The number of likely N-dealkylation sites (N-methyl/N-ethyl adjacent to an activating group) is 1. The topological polar surface area (TPSA) is 21.3 Å². The number of rotatable bonds is 6. The molecule has 2 nitrogen and oxygen atoms in total. The molecule has 118 valence electrons. The molecule has 0 aromatic heterocycles. The fourth-order valence-corrected chi connectivity index (χ4v) is 4.06. The zero-order valence-electron chi connectivity index (χ0n) is 13.9. The van der Waals surface area contributed by atoms with Gasteiger partial charge < -0.3 is 10.1 Å². The smallest absolute Gasteiger partial charge is 0.0810 e. The van der Waals surface area contributed by atoms with Crippen LogP contribution in [0.25, 0.3) is 0 Å². The van der Waals surface area contributed by atoms with Gasteiger partial charge in [-0.2, -0.15) is 0 Å². The van der Waals surface area contributed by atoms with Gasteiger partial charge in [0.1, 0.15) is 0 Å². The Bertz CT molecular complexity index is 263. The number of nitrogens with one attached hydrogen (secondary N) is 1. The minimum absolute atomic E-state index is 0.142. The summed E-state index contributed by atoms with van der Waals surface area (Å²) in [4.78, 5) is 0. The van der Waals surface area contributed by atoms with Crippen molar-refractivity contribution in [2.24, 2.45) is 11.8 Å². The molecule has 20 heavy (non-hydrogen) atoms. The molecule has 2 rings (SSSR count). The molecule has 0 amide bonds. The first-order valence-electron chi connectivity index (χ1n) is 9.04. The maximum atomic E-state index is 6.69. The molecule has 2 aliphatic carbocycles. The third-order valence-electron chi connectivity index (χ3n) is 5.55. The molecule has 0 heterocycles. The number of hydrogen-bond donors (Lipinski definition) is 1. The summed E-state index contributed by atoms with van der Waals surface area (Å²) in [7, 11) is 0. The van der Waals surface area contributed by atoms with E-state index in [0.29, 0.717) is 6.10 Å². The zero-order valence-corrected chi connectivity index (χ0v) is 13.9. The molecule has 2 fully saturated rings. The van der Waals surface area contributed by atoms with E-state index < -0.39 is 0 Å². The van der Waals surface area contributed by atoms with Crippen molar-refractivity contribution in [3.05, 3.63) is 0 Å². The lowest BCUT2D eigenvalue weighted by atomic mass is 9.74. The average molecular weight is 281 g/mol. The first-order valence-corrected chi connectivity index (χ1v) is 9.04. The van der Waals surface area contributed by atoms with Crippen LogP contribution >= 0.6 is 0 Å². The summed E-state index contributed by atoms with van der Waals surface area (Å²) >= 11 is 0. The van der Waals surface area contributed by atoms with E-state index in [-0.39, 0.29) is 5.60 Å². The normalized spacial score (nSPS) is 32.7. The van der Waals surface area contributed by atoms with Gasteiger partial charge in [-0.25, -0.2) is 0 Å². The maximum absolute atomic E-state index is 6.69. The Morgan fingerprint density at radius 3 is 2.25 bits per heavy atom. The Morgan fingerprint density at radius 2 is 1.70 bits per heavy atom. The van der Waals surface area contributed by atoms with Crippen LogP contribution in [0.2, 0.25) is 0 Å². The first kappa shape index (κ1) is 16.3. The van der Waals surface area contributed by atoms with Crippen molar-refractivity contribution < 1.29 is 4.74 Å². The van der Waals surface area contributed by atoms with Gasteiger partial charge in [-0.1, -0.05) is 40.0 Å². The van der Waals surface area contributed by atoms with Gasteiger partial charge in [-0.15, -0.1) is 0 Å². The summed E-state index contributed by atoms with van der Waals surface area (Å²) in [6, 6.07) is 0. The van der Waals surface area contributed by atoms with Crippen LogP contribution in [0.5, 0.6) is 0 Å². The van der Waals surface area contributed by atoms with Crippen molar-refractivity contribution in [1.82, 2.24) is 5.32 Å². The third kappa shape index (κ3) is 4.46. The standard InChI is InChI=1S/C18H35NO/c1-4-19-14-18(20-17-8-6-5-7-9-17)12-10-16(11-13-18)15(2)3/h15-17,19H,4-14H2,1-3H3. The van der Waals surface area contributed by atoms with Gasteiger partial charge in [-0.3, -0.25) is 0 Å². The van der Waals surface area contributed by atoms with E-state index in [0.717, 1.165) is 24.9 Å². The molecule has 0 radical (unpaired) electrons. The van der Waals surface area contributed by atoms with E-state index in [1.165, 1.54) is 57.8 Å². The molecule has 0 aromatic rings. The van der Waals surface area contributed by atoms with Gasteiger partial charge in [0.2, 0.25) is 0 Å². The Kier molecular flexibility index (Phi) is 6.35. The lowest BCUT2D eigenvalue weighted by molar-refractivity contribution is -0.129. The maximum Gasteiger partial charge on any atom is 0.0810 e. The van der Waals surface area contributed by atoms with Crippen LogP contribution < -0.4 is 5.32 Å². The highest BCUT2D eigenvalue weighted by Crippen LogP contribution is 2.40. The zero-order chi connectivity index (χ0) is 14.4. The molecular weight excluding hydrogens is 246 g/mol. The Morgan fingerprint density at radius 1 is 1.05 bits per heavy atom. The predicted octanol–water partition coefficient (Wildman–Crippen LogP) is 4.53. The number of ether oxygens (including phenoxy) is 1. The quantitative estimate of drug-likeness (QED) is 0.772. The summed E-state index contributed by atoms with van der Waals surface area (Å²) in [5.41, 5.74) is 0.142. The Balaban J connectivity index is 1.91. The van der Waals surface area contributed by atoms with Crippen LogP contribution in [0, 0.1) is 11.8 Å². The average Bonchev–Trinajstić information content (AvgIpc) is 2.47. The van der Waals surface area contributed by atoms with Gasteiger partial charge in [0.25, 0.3) is 0 Å². The summed E-state index contributed by atoms with van der Waals surface area (Å²) in [5.74, 6) is 1.75. The summed E-state index contributed by atoms with van der Waals surface area (Å²) in [6.07, 6.45) is 12.5. The molecule has 0 aromatic carbocycles. The van der Waals surface area contributed by atoms with Crippen molar-refractivity contribution >= 4 is 0 Å².